The number of aromatic nitrogens is 2. The lowest BCUT2D eigenvalue weighted by atomic mass is 9.82. The highest BCUT2D eigenvalue weighted by atomic mass is 16.5. The molecule has 2 aliphatic heterocycles. The fourth-order valence-electron chi connectivity index (χ4n) is 3.77. The second-order valence-electron chi connectivity index (χ2n) is 7.76. The predicted molar refractivity (Wildman–Crippen MR) is 103 cm³/mol. The van der Waals surface area contributed by atoms with E-state index in [4.69, 9.17) is 4.74 Å². The van der Waals surface area contributed by atoms with E-state index in [2.05, 4.69) is 34.3 Å². The number of hydrogen-bond acceptors (Lipinski definition) is 5. The molecule has 1 amide bonds. The van der Waals surface area contributed by atoms with Crippen LogP contribution in [0.25, 0.3) is 0 Å². The number of ether oxygens (including phenoxy) is 1. The van der Waals surface area contributed by atoms with E-state index in [0.29, 0.717) is 18.3 Å². The minimum atomic E-state index is -0.122. The Labute approximate surface area is 160 Å². The Balaban J connectivity index is 1.20. The predicted octanol–water partition coefficient (Wildman–Crippen LogP) is 2.45. The smallest absolute Gasteiger partial charge is 0.227 e. The number of anilines is 1. The van der Waals surface area contributed by atoms with Crippen LogP contribution < -0.4 is 5.32 Å². The lowest BCUT2D eigenvalue weighted by Crippen LogP contribution is -2.66. The Hall–Kier alpha value is -2.47. The summed E-state index contributed by atoms with van der Waals surface area (Å²) >= 11 is 0. The zero-order valence-corrected chi connectivity index (χ0v) is 15.7. The van der Waals surface area contributed by atoms with Crippen molar-refractivity contribution in [2.24, 2.45) is 5.92 Å². The fraction of sp³-hybridized carbons (Fsp3) is 0.476. The Bertz CT molecular complexity index is 763. The van der Waals surface area contributed by atoms with Crippen LogP contribution in [0.2, 0.25) is 0 Å². The van der Waals surface area contributed by atoms with Crippen molar-refractivity contribution < 1.29 is 9.53 Å². The van der Waals surface area contributed by atoms with Crippen LogP contribution in [0.3, 0.4) is 0 Å². The largest absolute Gasteiger partial charge is 0.371 e. The van der Waals surface area contributed by atoms with Crippen molar-refractivity contribution in [2.45, 2.75) is 31.8 Å². The summed E-state index contributed by atoms with van der Waals surface area (Å²) in [6.45, 7) is 5.04. The minimum absolute atomic E-state index is 0.122. The molecule has 1 aromatic heterocycles. The number of carbonyl (C=O) groups excluding carboxylic acids is 1. The molecule has 0 unspecified atom stereocenters. The molecule has 4 rings (SSSR count). The van der Waals surface area contributed by atoms with Crippen molar-refractivity contribution in [1.82, 2.24) is 14.9 Å². The van der Waals surface area contributed by atoms with Crippen LogP contribution in [-0.2, 0) is 16.0 Å². The summed E-state index contributed by atoms with van der Waals surface area (Å²) in [6, 6.07) is 9.99. The molecule has 2 aliphatic rings. The van der Waals surface area contributed by atoms with Gasteiger partial charge in [0.1, 0.15) is 5.60 Å². The maximum Gasteiger partial charge on any atom is 0.227 e. The number of amides is 1. The zero-order valence-electron chi connectivity index (χ0n) is 15.7. The van der Waals surface area contributed by atoms with Gasteiger partial charge in [-0.15, -0.1) is 0 Å². The van der Waals surface area contributed by atoms with Crippen molar-refractivity contribution in [3.05, 3.63) is 53.9 Å². The van der Waals surface area contributed by atoms with Gasteiger partial charge in [0.2, 0.25) is 11.9 Å². The van der Waals surface area contributed by atoms with Crippen molar-refractivity contribution in [2.75, 3.05) is 31.6 Å². The number of benzene rings is 1. The van der Waals surface area contributed by atoms with Gasteiger partial charge in [-0.2, -0.15) is 0 Å². The van der Waals surface area contributed by atoms with Crippen LogP contribution in [0, 0.1) is 12.8 Å². The van der Waals surface area contributed by atoms with Gasteiger partial charge in [0, 0.05) is 18.9 Å². The van der Waals surface area contributed by atoms with Crippen molar-refractivity contribution in [3.63, 3.8) is 0 Å². The molecule has 27 heavy (non-hydrogen) atoms. The average molecular weight is 366 g/mol. The van der Waals surface area contributed by atoms with Gasteiger partial charge in [0.15, 0.2) is 0 Å². The van der Waals surface area contributed by atoms with Gasteiger partial charge in [-0.3, -0.25) is 4.79 Å². The first-order chi connectivity index (χ1) is 13.1. The van der Waals surface area contributed by atoms with Gasteiger partial charge >= 0.3 is 0 Å². The minimum Gasteiger partial charge on any atom is -0.371 e. The molecule has 142 valence electrons. The summed E-state index contributed by atoms with van der Waals surface area (Å²) in [5, 5.41) is 3.27. The summed E-state index contributed by atoms with van der Waals surface area (Å²) in [6.07, 6.45) is 6.04. The van der Waals surface area contributed by atoms with Crippen LogP contribution in [0.1, 0.15) is 24.0 Å². The number of nitrogens with zero attached hydrogens (tertiary/aromatic N) is 3. The maximum atomic E-state index is 12.5. The molecular weight excluding hydrogens is 340 g/mol. The quantitative estimate of drug-likeness (QED) is 0.880. The molecule has 3 heterocycles. The number of rotatable bonds is 5. The molecule has 1 spiro atoms. The molecule has 6 heteroatoms. The third-order valence-corrected chi connectivity index (χ3v) is 5.53. The van der Waals surface area contributed by atoms with Crippen LogP contribution in [0.15, 0.2) is 42.7 Å². The fourth-order valence-corrected chi connectivity index (χ4v) is 3.77. The zero-order chi connectivity index (χ0) is 18.7. The summed E-state index contributed by atoms with van der Waals surface area (Å²) in [4.78, 5) is 22.8. The second kappa shape index (κ2) is 7.64. The lowest BCUT2D eigenvalue weighted by Gasteiger charge is -2.52. The second-order valence-corrected chi connectivity index (χ2v) is 7.76. The normalized spacial score (nSPS) is 20.9. The van der Waals surface area contributed by atoms with Gasteiger partial charge in [-0.05, 0) is 37.3 Å². The lowest BCUT2D eigenvalue weighted by molar-refractivity contribution is -0.187. The monoisotopic (exact) mass is 366 g/mol. The van der Waals surface area contributed by atoms with E-state index < -0.39 is 0 Å². The molecule has 0 bridgehead atoms. The third kappa shape index (κ3) is 4.27. The van der Waals surface area contributed by atoms with Gasteiger partial charge in [-0.25, -0.2) is 9.97 Å². The molecule has 0 saturated carbocycles. The van der Waals surface area contributed by atoms with Gasteiger partial charge in [0.25, 0.3) is 0 Å². The van der Waals surface area contributed by atoms with Crippen LogP contribution in [-0.4, -0.2) is 52.6 Å². The first kappa shape index (κ1) is 17.9. The topological polar surface area (TPSA) is 67.4 Å². The van der Waals surface area contributed by atoms with Crippen molar-refractivity contribution in [3.8, 4) is 0 Å². The number of carbonyl (C=O) groups is 1. The Morgan fingerprint density at radius 2 is 2.00 bits per heavy atom. The van der Waals surface area contributed by atoms with Gasteiger partial charge in [-0.1, -0.05) is 29.8 Å². The molecule has 1 aromatic carbocycles. The molecule has 6 nitrogen and oxygen atoms in total. The van der Waals surface area contributed by atoms with Crippen LogP contribution >= 0.6 is 0 Å². The van der Waals surface area contributed by atoms with E-state index >= 15 is 0 Å². The van der Waals surface area contributed by atoms with Gasteiger partial charge < -0.3 is 15.0 Å². The van der Waals surface area contributed by atoms with E-state index in [1.54, 1.807) is 18.5 Å². The molecule has 2 aromatic rings. The molecular formula is C21H26N4O2. The molecule has 2 fully saturated rings. The van der Waals surface area contributed by atoms with Crippen molar-refractivity contribution >= 4 is 11.9 Å². The van der Waals surface area contributed by atoms with E-state index in [1.807, 2.05) is 17.0 Å². The number of likely N-dealkylation sites (tertiary alicyclic amines) is 1. The van der Waals surface area contributed by atoms with E-state index in [-0.39, 0.29) is 11.5 Å². The average Bonchev–Trinajstić information content (AvgIpc) is 2.67. The molecule has 1 N–H and O–H groups in total. The first-order valence-corrected chi connectivity index (χ1v) is 9.60. The van der Waals surface area contributed by atoms with Crippen molar-refractivity contribution in [1.29, 1.82) is 0 Å². The number of nitrogens with one attached hydrogen (secondary N) is 1. The molecule has 2 saturated heterocycles. The van der Waals surface area contributed by atoms with Gasteiger partial charge in [0.05, 0.1) is 26.1 Å². The Morgan fingerprint density at radius 3 is 2.67 bits per heavy atom. The Morgan fingerprint density at radius 1 is 1.26 bits per heavy atom. The molecule has 1 atom stereocenters. The molecule has 0 aliphatic carbocycles. The number of aryl methyl sites for hydroxylation is 1. The van der Waals surface area contributed by atoms with Crippen LogP contribution in [0.4, 0.5) is 5.95 Å². The van der Waals surface area contributed by atoms with E-state index in [1.165, 1.54) is 5.56 Å². The summed E-state index contributed by atoms with van der Waals surface area (Å²) < 4.78 is 6.17. The standard InChI is InChI=1S/C21H26N4O2/c1-16-3-5-17(6-4-16)11-19(26)25-14-21(15-25)8-7-18(13-27-21)12-24-20-22-9-2-10-23-20/h2-6,9-10,18H,7-8,11-15H2,1H3,(H,22,23,24)/t18-/m1/s1. The Kier molecular flexibility index (Phi) is 5.07. The highest BCUT2D eigenvalue weighted by Crippen LogP contribution is 2.36. The van der Waals surface area contributed by atoms with Crippen LogP contribution in [0.5, 0.6) is 0 Å². The first-order valence-electron chi connectivity index (χ1n) is 9.60. The van der Waals surface area contributed by atoms with E-state index in [9.17, 15) is 4.79 Å². The molecule has 0 radical (unpaired) electrons. The number of hydrogen-bond donors (Lipinski definition) is 1. The third-order valence-electron chi connectivity index (χ3n) is 5.53. The summed E-state index contributed by atoms with van der Waals surface area (Å²) in [5.74, 6) is 1.31. The maximum absolute atomic E-state index is 12.5. The summed E-state index contributed by atoms with van der Waals surface area (Å²) in [7, 11) is 0. The van der Waals surface area contributed by atoms with E-state index in [0.717, 1.165) is 44.6 Å². The SMILES string of the molecule is Cc1ccc(CC(=O)N2CC3(CC[C@H](CNc4ncccn4)CO3)C2)cc1. The highest BCUT2D eigenvalue weighted by Gasteiger charge is 2.48. The summed E-state index contributed by atoms with van der Waals surface area (Å²) in [5.41, 5.74) is 2.17. The highest BCUT2D eigenvalue weighted by molar-refractivity contribution is 5.80.